The summed E-state index contributed by atoms with van der Waals surface area (Å²) in [5.74, 6) is 1.01. The van der Waals surface area contributed by atoms with Crippen LogP contribution in [0.15, 0.2) is 55.0 Å². The minimum absolute atomic E-state index is 0.716. The Hall–Kier alpha value is -2.70. The fraction of sp³-hybridized carbons (Fsp3) is 0.364. The molecule has 1 aromatic carbocycles. The third kappa shape index (κ3) is 4.97. The van der Waals surface area contributed by atoms with Crippen LogP contribution in [0.2, 0.25) is 0 Å². The highest BCUT2D eigenvalue weighted by atomic mass is 16.5. The number of benzene rings is 1. The van der Waals surface area contributed by atoms with Crippen LogP contribution in [-0.2, 0) is 26.1 Å². The van der Waals surface area contributed by atoms with E-state index in [2.05, 4.69) is 56.3 Å². The van der Waals surface area contributed by atoms with Crippen molar-refractivity contribution in [2.45, 2.75) is 26.1 Å². The molecule has 0 radical (unpaired) electrons. The number of nitrogens with one attached hydrogen (secondary N) is 1. The molecular formula is C22H27N5O. The molecule has 6 heteroatoms. The number of nitrogens with zero attached hydrogens (tertiary/aromatic N) is 4. The molecule has 0 bridgehead atoms. The quantitative estimate of drug-likeness (QED) is 0.686. The lowest BCUT2D eigenvalue weighted by Crippen LogP contribution is -2.25. The molecule has 0 amide bonds. The zero-order valence-corrected chi connectivity index (χ0v) is 16.3. The fourth-order valence-electron chi connectivity index (χ4n) is 3.60. The fourth-order valence-corrected chi connectivity index (χ4v) is 3.60. The molecule has 0 aliphatic carbocycles. The van der Waals surface area contributed by atoms with Crippen LogP contribution >= 0.6 is 0 Å². The van der Waals surface area contributed by atoms with Crippen molar-refractivity contribution < 1.29 is 4.74 Å². The van der Waals surface area contributed by atoms with Crippen molar-refractivity contribution in [3.05, 3.63) is 77.4 Å². The standard InChI is InChI=1S/C22H27N5O/c1-26(9-7-21-4-2-3-8-23-21)15-18-5-6-22-20(12-18)17-27(10-11-28-22)16-19-13-24-25-14-19/h2-6,8,12-14H,7,9-11,15-17H2,1H3,(H,24,25). The molecule has 6 nitrogen and oxygen atoms in total. The van der Waals surface area contributed by atoms with Gasteiger partial charge < -0.3 is 9.64 Å². The first kappa shape index (κ1) is 18.7. The molecule has 3 aromatic rings. The first-order valence-electron chi connectivity index (χ1n) is 9.79. The van der Waals surface area contributed by atoms with E-state index < -0.39 is 0 Å². The highest BCUT2D eigenvalue weighted by Gasteiger charge is 2.16. The lowest BCUT2D eigenvalue weighted by atomic mass is 10.1. The number of fused-ring (bicyclic) bond motifs is 1. The molecular weight excluding hydrogens is 350 g/mol. The maximum atomic E-state index is 5.98. The molecule has 0 unspecified atom stereocenters. The summed E-state index contributed by atoms with van der Waals surface area (Å²) in [6.45, 7) is 5.31. The number of aromatic nitrogens is 3. The van der Waals surface area contributed by atoms with Crippen LogP contribution < -0.4 is 4.74 Å². The average Bonchev–Trinajstić information content (AvgIpc) is 3.13. The van der Waals surface area contributed by atoms with E-state index in [0.29, 0.717) is 6.61 Å². The number of pyridine rings is 1. The van der Waals surface area contributed by atoms with Crippen molar-refractivity contribution >= 4 is 0 Å². The maximum absolute atomic E-state index is 5.98. The Kier molecular flexibility index (Phi) is 5.99. The molecule has 3 heterocycles. The molecule has 4 rings (SSSR count). The summed E-state index contributed by atoms with van der Waals surface area (Å²) in [5.41, 5.74) is 4.92. The number of likely N-dealkylation sites (N-methyl/N-ethyl adjacent to an activating group) is 1. The van der Waals surface area contributed by atoms with E-state index >= 15 is 0 Å². The summed E-state index contributed by atoms with van der Waals surface area (Å²) in [6, 6.07) is 12.7. The Morgan fingerprint density at radius 3 is 3.00 bits per heavy atom. The van der Waals surface area contributed by atoms with E-state index in [4.69, 9.17) is 4.74 Å². The molecule has 146 valence electrons. The van der Waals surface area contributed by atoms with Crippen LogP contribution in [0.1, 0.15) is 22.4 Å². The number of hydrogen-bond acceptors (Lipinski definition) is 5. The first-order valence-corrected chi connectivity index (χ1v) is 9.79. The van der Waals surface area contributed by atoms with Gasteiger partial charge in [0.2, 0.25) is 0 Å². The second kappa shape index (κ2) is 8.99. The second-order valence-electron chi connectivity index (χ2n) is 7.42. The van der Waals surface area contributed by atoms with E-state index in [1.165, 1.54) is 16.7 Å². The lowest BCUT2D eigenvalue weighted by molar-refractivity contribution is 0.219. The topological polar surface area (TPSA) is 57.3 Å². The Labute approximate surface area is 166 Å². The maximum Gasteiger partial charge on any atom is 0.123 e. The van der Waals surface area contributed by atoms with E-state index in [9.17, 15) is 0 Å². The van der Waals surface area contributed by atoms with Gasteiger partial charge in [0, 0.05) is 68.4 Å². The van der Waals surface area contributed by atoms with E-state index in [-0.39, 0.29) is 0 Å². The molecule has 0 fully saturated rings. The molecule has 1 aliphatic heterocycles. The smallest absolute Gasteiger partial charge is 0.123 e. The zero-order chi connectivity index (χ0) is 19.2. The molecule has 0 saturated carbocycles. The number of H-pyrrole nitrogens is 1. The van der Waals surface area contributed by atoms with E-state index in [0.717, 1.165) is 50.6 Å². The van der Waals surface area contributed by atoms with Crippen LogP contribution in [0.3, 0.4) is 0 Å². The van der Waals surface area contributed by atoms with Gasteiger partial charge >= 0.3 is 0 Å². The van der Waals surface area contributed by atoms with Crippen LogP contribution in [0, 0.1) is 0 Å². The van der Waals surface area contributed by atoms with E-state index in [1.807, 2.05) is 30.7 Å². The number of ether oxygens (including phenoxy) is 1. The van der Waals surface area contributed by atoms with Gasteiger partial charge in [-0.1, -0.05) is 12.1 Å². The third-order valence-electron chi connectivity index (χ3n) is 5.07. The van der Waals surface area contributed by atoms with Gasteiger partial charge in [0.25, 0.3) is 0 Å². The molecule has 0 saturated heterocycles. The van der Waals surface area contributed by atoms with Crippen LogP contribution in [0.5, 0.6) is 5.75 Å². The molecule has 0 atom stereocenters. The highest BCUT2D eigenvalue weighted by molar-refractivity contribution is 5.38. The van der Waals surface area contributed by atoms with Crippen molar-refractivity contribution in [1.82, 2.24) is 25.0 Å². The molecule has 1 N–H and O–H groups in total. The van der Waals surface area contributed by atoms with Crippen molar-refractivity contribution in [2.24, 2.45) is 0 Å². The average molecular weight is 377 g/mol. The summed E-state index contributed by atoms with van der Waals surface area (Å²) >= 11 is 0. The number of aromatic amines is 1. The summed E-state index contributed by atoms with van der Waals surface area (Å²) in [6.07, 6.45) is 6.67. The number of rotatable bonds is 7. The Balaban J connectivity index is 1.37. The summed E-state index contributed by atoms with van der Waals surface area (Å²) < 4.78 is 5.98. The Bertz CT molecular complexity index is 866. The summed E-state index contributed by atoms with van der Waals surface area (Å²) in [5, 5.41) is 6.94. The van der Waals surface area contributed by atoms with Crippen molar-refractivity contribution in [2.75, 3.05) is 26.7 Å². The monoisotopic (exact) mass is 377 g/mol. The van der Waals surface area contributed by atoms with Crippen molar-refractivity contribution in [3.63, 3.8) is 0 Å². The van der Waals surface area contributed by atoms with Crippen molar-refractivity contribution in [1.29, 1.82) is 0 Å². The minimum atomic E-state index is 0.716. The Morgan fingerprint density at radius 1 is 1.21 bits per heavy atom. The largest absolute Gasteiger partial charge is 0.492 e. The van der Waals surface area contributed by atoms with Gasteiger partial charge in [-0.2, -0.15) is 5.10 Å². The van der Waals surface area contributed by atoms with Gasteiger partial charge in [-0.25, -0.2) is 0 Å². The summed E-state index contributed by atoms with van der Waals surface area (Å²) in [7, 11) is 2.16. The number of hydrogen-bond donors (Lipinski definition) is 1. The Morgan fingerprint density at radius 2 is 2.18 bits per heavy atom. The van der Waals surface area contributed by atoms with Crippen LogP contribution in [0.4, 0.5) is 0 Å². The predicted molar refractivity (Wildman–Crippen MR) is 109 cm³/mol. The highest BCUT2D eigenvalue weighted by Crippen LogP contribution is 2.25. The first-order chi connectivity index (χ1) is 13.8. The second-order valence-corrected chi connectivity index (χ2v) is 7.42. The van der Waals surface area contributed by atoms with Crippen molar-refractivity contribution in [3.8, 4) is 5.75 Å². The molecule has 0 spiro atoms. The SMILES string of the molecule is CN(CCc1ccccn1)Cc1ccc2c(c1)CN(Cc1cn[nH]c1)CCO2. The van der Waals surface area contributed by atoms with Gasteiger partial charge in [-0.15, -0.1) is 0 Å². The molecule has 2 aromatic heterocycles. The van der Waals surface area contributed by atoms with Gasteiger partial charge in [0.1, 0.15) is 12.4 Å². The van der Waals surface area contributed by atoms with Gasteiger partial charge in [-0.3, -0.25) is 15.0 Å². The predicted octanol–water partition coefficient (Wildman–Crippen LogP) is 2.87. The van der Waals surface area contributed by atoms with E-state index in [1.54, 1.807) is 0 Å². The van der Waals surface area contributed by atoms with Crippen LogP contribution in [0.25, 0.3) is 0 Å². The third-order valence-corrected chi connectivity index (χ3v) is 5.07. The summed E-state index contributed by atoms with van der Waals surface area (Å²) in [4.78, 5) is 9.16. The van der Waals surface area contributed by atoms with Crippen LogP contribution in [-0.4, -0.2) is 51.7 Å². The zero-order valence-electron chi connectivity index (χ0n) is 16.3. The van der Waals surface area contributed by atoms with Gasteiger partial charge in [-0.05, 0) is 36.9 Å². The molecule has 28 heavy (non-hydrogen) atoms. The lowest BCUT2D eigenvalue weighted by Gasteiger charge is -2.20. The molecule has 1 aliphatic rings. The normalized spacial score (nSPS) is 14.5. The van der Waals surface area contributed by atoms with Gasteiger partial charge in [0.05, 0.1) is 6.20 Å². The van der Waals surface area contributed by atoms with Gasteiger partial charge in [0.15, 0.2) is 0 Å². The minimum Gasteiger partial charge on any atom is -0.492 e.